The van der Waals surface area contributed by atoms with Crippen LogP contribution in [0, 0.1) is 18.3 Å². The molecule has 2 aromatic heterocycles. The van der Waals surface area contributed by atoms with Gasteiger partial charge in [0.25, 0.3) is 0 Å². The highest BCUT2D eigenvalue weighted by Crippen LogP contribution is 2.00. The Bertz CT molecular complexity index is 429. The quantitative estimate of drug-likeness (QED) is 0.723. The van der Waals surface area contributed by atoms with Crippen LogP contribution in [0.3, 0.4) is 0 Å². The van der Waals surface area contributed by atoms with Crippen LogP contribution in [-0.4, -0.2) is 15.0 Å². The summed E-state index contributed by atoms with van der Waals surface area (Å²) in [6, 6.07) is 3.76. The zero-order valence-corrected chi connectivity index (χ0v) is 8.90. The van der Waals surface area contributed by atoms with E-state index in [-0.39, 0.29) is 0 Å². The summed E-state index contributed by atoms with van der Waals surface area (Å²) in [5.41, 5.74) is 7.77. The van der Waals surface area contributed by atoms with E-state index in [0.717, 1.165) is 5.69 Å². The van der Waals surface area contributed by atoms with Gasteiger partial charge < -0.3 is 5.73 Å². The van der Waals surface area contributed by atoms with Gasteiger partial charge in [0, 0.05) is 11.9 Å². The number of thiazole rings is 1. The van der Waals surface area contributed by atoms with Crippen molar-refractivity contribution in [1.82, 2.24) is 15.0 Å². The first kappa shape index (κ1) is 11.1. The minimum atomic E-state index is 0.338. The van der Waals surface area contributed by atoms with E-state index >= 15 is 0 Å². The molecule has 0 bridgehead atoms. The van der Waals surface area contributed by atoms with Gasteiger partial charge in [-0.1, -0.05) is 0 Å². The predicted octanol–water partition coefficient (Wildman–Crippen LogP) is 1.38. The van der Waals surface area contributed by atoms with Crippen LogP contribution < -0.4 is 5.73 Å². The fourth-order valence-electron chi connectivity index (χ4n) is 0.739. The Kier molecular flexibility index (Phi) is 4.19. The molecule has 0 saturated carbocycles. The number of aromatic nitrogens is 3. The van der Waals surface area contributed by atoms with Crippen LogP contribution in [0.4, 0.5) is 5.95 Å². The van der Waals surface area contributed by atoms with Gasteiger partial charge in [-0.05, 0) is 13.0 Å². The third kappa shape index (κ3) is 4.15. The van der Waals surface area contributed by atoms with Crippen LogP contribution in [0.1, 0.15) is 10.6 Å². The third-order valence-electron chi connectivity index (χ3n) is 1.36. The number of nitrogen functional groups attached to an aromatic ring is 1. The van der Waals surface area contributed by atoms with Gasteiger partial charge in [-0.3, -0.25) is 4.98 Å². The van der Waals surface area contributed by atoms with Crippen molar-refractivity contribution in [1.29, 1.82) is 5.26 Å². The van der Waals surface area contributed by atoms with Gasteiger partial charge in [-0.15, -0.1) is 11.3 Å². The monoisotopic (exact) mass is 219 g/mol. The lowest BCUT2D eigenvalue weighted by Gasteiger charge is -1.89. The zero-order chi connectivity index (χ0) is 11.1. The van der Waals surface area contributed by atoms with Crippen molar-refractivity contribution in [2.24, 2.45) is 0 Å². The van der Waals surface area contributed by atoms with Crippen LogP contribution >= 0.6 is 11.3 Å². The van der Waals surface area contributed by atoms with Crippen molar-refractivity contribution < 1.29 is 0 Å². The molecule has 2 aromatic rings. The molecule has 2 N–H and O–H groups in total. The average Bonchev–Trinajstić information content (AvgIpc) is 2.70. The number of nitrogens with two attached hydrogens (primary N) is 1. The van der Waals surface area contributed by atoms with E-state index in [0.29, 0.717) is 10.8 Å². The molecular formula is C9H9N5S. The molecule has 15 heavy (non-hydrogen) atoms. The standard InChI is InChI=1S/C5H7N3.C4H2N2S/c1-4-2-3-7-5(6)8-4;5-1-4-2-6-3-7-4/h2-3H,1H3,(H2,6,7,8);2-3H. The van der Waals surface area contributed by atoms with Crippen LogP contribution in [0.5, 0.6) is 0 Å². The maximum absolute atomic E-state index is 8.15. The molecule has 0 aliphatic rings. The van der Waals surface area contributed by atoms with Gasteiger partial charge in [-0.2, -0.15) is 5.26 Å². The van der Waals surface area contributed by atoms with Gasteiger partial charge in [0.05, 0.1) is 11.7 Å². The Morgan fingerprint density at radius 1 is 1.53 bits per heavy atom. The van der Waals surface area contributed by atoms with Gasteiger partial charge in [0.15, 0.2) is 0 Å². The molecule has 0 amide bonds. The summed E-state index contributed by atoms with van der Waals surface area (Å²) in [5.74, 6) is 0.338. The molecule has 0 radical (unpaired) electrons. The van der Waals surface area contributed by atoms with Crippen molar-refractivity contribution in [3.8, 4) is 6.07 Å². The minimum absolute atomic E-state index is 0.338. The number of hydrogen-bond acceptors (Lipinski definition) is 6. The first-order chi connectivity index (χ1) is 7.22. The summed E-state index contributed by atoms with van der Waals surface area (Å²) in [7, 11) is 0. The van der Waals surface area contributed by atoms with E-state index in [9.17, 15) is 0 Å². The van der Waals surface area contributed by atoms with Crippen LogP contribution in [-0.2, 0) is 0 Å². The number of anilines is 1. The molecule has 0 saturated heterocycles. The molecule has 0 atom stereocenters. The van der Waals surface area contributed by atoms with Crippen LogP contribution in [0.2, 0.25) is 0 Å². The maximum Gasteiger partial charge on any atom is 0.220 e. The van der Waals surface area contributed by atoms with E-state index in [1.807, 2.05) is 13.0 Å². The molecule has 5 nitrogen and oxygen atoms in total. The molecule has 76 valence electrons. The van der Waals surface area contributed by atoms with E-state index in [1.165, 1.54) is 11.3 Å². The molecule has 2 heterocycles. The average molecular weight is 219 g/mol. The number of aryl methyl sites for hydroxylation is 1. The van der Waals surface area contributed by atoms with Gasteiger partial charge in [-0.25, -0.2) is 9.97 Å². The first-order valence-electron chi connectivity index (χ1n) is 4.06. The molecule has 0 spiro atoms. The molecule has 0 fully saturated rings. The van der Waals surface area contributed by atoms with Crippen molar-refractivity contribution in [3.05, 3.63) is 34.5 Å². The molecule has 6 heteroatoms. The summed E-state index contributed by atoms with van der Waals surface area (Å²) < 4.78 is 0. The SMILES string of the molecule is Cc1ccnc(N)n1.N#Cc1cncs1. The maximum atomic E-state index is 8.15. The highest BCUT2D eigenvalue weighted by atomic mass is 32.1. The minimum Gasteiger partial charge on any atom is -0.368 e. The lowest BCUT2D eigenvalue weighted by atomic mass is 10.5. The Morgan fingerprint density at radius 2 is 2.33 bits per heavy atom. The molecular weight excluding hydrogens is 210 g/mol. The van der Waals surface area contributed by atoms with E-state index in [1.54, 1.807) is 24.0 Å². The Labute approximate surface area is 91.3 Å². The second kappa shape index (κ2) is 5.67. The van der Waals surface area contributed by atoms with Crippen molar-refractivity contribution in [2.75, 3.05) is 5.73 Å². The summed E-state index contributed by atoms with van der Waals surface area (Å²) >= 11 is 1.35. The molecule has 0 unspecified atom stereocenters. The van der Waals surface area contributed by atoms with Gasteiger partial charge in [0.2, 0.25) is 5.95 Å². The van der Waals surface area contributed by atoms with Crippen molar-refractivity contribution in [2.45, 2.75) is 6.92 Å². The Balaban J connectivity index is 0.000000151. The smallest absolute Gasteiger partial charge is 0.220 e. The molecule has 0 aliphatic heterocycles. The largest absolute Gasteiger partial charge is 0.368 e. The highest BCUT2D eigenvalue weighted by Gasteiger charge is 1.84. The van der Waals surface area contributed by atoms with Gasteiger partial charge >= 0.3 is 0 Å². The second-order valence-corrected chi connectivity index (χ2v) is 3.42. The number of hydrogen-bond donors (Lipinski definition) is 1. The first-order valence-corrected chi connectivity index (χ1v) is 4.94. The van der Waals surface area contributed by atoms with Crippen LogP contribution in [0.15, 0.2) is 24.0 Å². The lowest BCUT2D eigenvalue weighted by Crippen LogP contribution is -1.93. The lowest BCUT2D eigenvalue weighted by molar-refractivity contribution is 1.12. The molecule has 0 aromatic carbocycles. The number of nitriles is 1. The van der Waals surface area contributed by atoms with Gasteiger partial charge in [0.1, 0.15) is 10.9 Å². The Hall–Kier alpha value is -2.00. The summed E-state index contributed by atoms with van der Waals surface area (Å²) in [4.78, 5) is 11.9. The predicted molar refractivity (Wildman–Crippen MR) is 58.0 cm³/mol. The van der Waals surface area contributed by atoms with Crippen molar-refractivity contribution in [3.63, 3.8) is 0 Å². The number of nitrogens with zero attached hydrogens (tertiary/aromatic N) is 4. The normalized spacial score (nSPS) is 8.53. The van der Waals surface area contributed by atoms with Crippen molar-refractivity contribution >= 4 is 17.3 Å². The fourth-order valence-corrected chi connectivity index (χ4v) is 1.15. The molecule has 2 rings (SSSR count). The second-order valence-electron chi connectivity index (χ2n) is 2.53. The fraction of sp³-hybridized carbons (Fsp3) is 0.111. The van der Waals surface area contributed by atoms with Crippen LogP contribution in [0.25, 0.3) is 0 Å². The van der Waals surface area contributed by atoms with E-state index < -0.39 is 0 Å². The Morgan fingerprint density at radius 3 is 2.67 bits per heavy atom. The topological polar surface area (TPSA) is 88.5 Å². The zero-order valence-electron chi connectivity index (χ0n) is 8.08. The summed E-state index contributed by atoms with van der Waals surface area (Å²) in [5, 5.41) is 8.15. The highest BCUT2D eigenvalue weighted by molar-refractivity contribution is 7.10. The van der Waals surface area contributed by atoms with E-state index in [2.05, 4.69) is 15.0 Å². The summed E-state index contributed by atoms with van der Waals surface area (Å²) in [6.07, 6.45) is 3.18. The molecule has 0 aliphatic carbocycles. The number of rotatable bonds is 0. The summed E-state index contributed by atoms with van der Waals surface area (Å²) in [6.45, 7) is 1.87. The van der Waals surface area contributed by atoms with E-state index in [4.69, 9.17) is 11.0 Å². The third-order valence-corrected chi connectivity index (χ3v) is 2.03.